The number of anilines is 1. The Kier molecular flexibility index (Phi) is 6.61. The van der Waals surface area contributed by atoms with Crippen LogP contribution in [0.3, 0.4) is 0 Å². The Hall–Kier alpha value is -1.63. The number of benzene rings is 1. The van der Waals surface area contributed by atoms with Gasteiger partial charge in [0.25, 0.3) is 0 Å². The number of hydrogen-bond donors (Lipinski definition) is 3. The lowest BCUT2D eigenvalue weighted by molar-refractivity contribution is -0.138. The van der Waals surface area contributed by atoms with Crippen LogP contribution in [0.5, 0.6) is 0 Å². The molecule has 0 aliphatic heterocycles. The molecule has 0 spiro atoms. The number of carbonyl (C=O) groups excluding carboxylic acids is 1. The molecule has 0 bridgehead atoms. The fourth-order valence-electron chi connectivity index (χ4n) is 1.79. The van der Waals surface area contributed by atoms with Crippen LogP contribution in [0.4, 0.5) is 14.9 Å². The zero-order valence-corrected chi connectivity index (χ0v) is 13.5. The third kappa shape index (κ3) is 5.71. The van der Waals surface area contributed by atoms with Gasteiger partial charge in [0.1, 0.15) is 5.82 Å². The van der Waals surface area contributed by atoms with Gasteiger partial charge in [-0.3, -0.25) is 4.79 Å². The monoisotopic (exact) mass is 360 g/mol. The molecule has 0 aromatic heterocycles. The summed E-state index contributed by atoms with van der Waals surface area (Å²) in [7, 11) is 0. The summed E-state index contributed by atoms with van der Waals surface area (Å²) in [6.45, 7) is 3.87. The average Bonchev–Trinajstić information content (AvgIpc) is 2.40. The molecule has 0 saturated carbocycles. The van der Waals surface area contributed by atoms with Gasteiger partial charge in [0.2, 0.25) is 0 Å². The minimum Gasteiger partial charge on any atom is -0.481 e. The van der Waals surface area contributed by atoms with Crippen LogP contribution in [-0.4, -0.2) is 23.7 Å². The minimum atomic E-state index is -0.894. The number of aliphatic carboxylic acids is 1. The van der Waals surface area contributed by atoms with Gasteiger partial charge in [-0.2, -0.15) is 0 Å². The molecule has 0 aliphatic rings. The zero-order valence-electron chi connectivity index (χ0n) is 11.9. The number of nitrogens with one attached hydrogen (secondary N) is 2. The normalized spacial score (nSPS) is 11.8. The molecular formula is C14H18BrFN2O3. The number of aryl methyl sites for hydroxylation is 1. The molecule has 0 aliphatic carbocycles. The summed E-state index contributed by atoms with van der Waals surface area (Å²) in [5.41, 5.74) is 1.09. The molecule has 1 unspecified atom stereocenters. The highest BCUT2D eigenvalue weighted by Gasteiger charge is 2.13. The SMILES string of the molecule is CCC(CNC(=O)Nc1cc(F)c(Br)cc1C)CC(=O)O. The highest BCUT2D eigenvalue weighted by Crippen LogP contribution is 2.23. The van der Waals surface area contributed by atoms with Crippen molar-refractivity contribution in [1.82, 2.24) is 5.32 Å². The zero-order chi connectivity index (χ0) is 16.0. The lowest BCUT2D eigenvalue weighted by Crippen LogP contribution is -2.33. The van der Waals surface area contributed by atoms with Crippen molar-refractivity contribution in [2.45, 2.75) is 26.7 Å². The standard InChI is InChI=1S/C14H18BrFN2O3/c1-3-9(5-13(19)20)7-17-14(21)18-12-6-11(16)10(15)4-8(12)2/h4,6,9H,3,5,7H2,1-2H3,(H,19,20)(H2,17,18,21). The van der Waals surface area contributed by atoms with Crippen molar-refractivity contribution in [3.8, 4) is 0 Å². The number of rotatable bonds is 6. The second kappa shape index (κ2) is 7.97. The minimum absolute atomic E-state index is 0.00270. The third-order valence-electron chi connectivity index (χ3n) is 3.11. The lowest BCUT2D eigenvalue weighted by Gasteiger charge is -2.15. The third-order valence-corrected chi connectivity index (χ3v) is 3.72. The van der Waals surface area contributed by atoms with Gasteiger partial charge < -0.3 is 15.7 Å². The van der Waals surface area contributed by atoms with Crippen LogP contribution >= 0.6 is 15.9 Å². The van der Waals surface area contributed by atoms with Crippen molar-refractivity contribution >= 4 is 33.6 Å². The largest absolute Gasteiger partial charge is 0.481 e. The molecule has 7 heteroatoms. The van der Waals surface area contributed by atoms with E-state index in [2.05, 4.69) is 26.6 Å². The quantitative estimate of drug-likeness (QED) is 0.726. The average molecular weight is 361 g/mol. The molecule has 3 N–H and O–H groups in total. The maximum absolute atomic E-state index is 13.4. The van der Waals surface area contributed by atoms with Gasteiger partial charge in [-0.1, -0.05) is 13.3 Å². The molecule has 2 amide bonds. The number of halogens is 2. The molecule has 0 saturated heterocycles. The lowest BCUT2D eigenvalue weighted by atomic mass is 10.0. The van der Waals surface area contributed by atoms with Gasteiger partial charge in [0.15, 0.2) is 0 Å². The Balaban J connectivity index is 2.58. The van der Waals surface area contributed by atoms with Crippen LogP contribution < -0.4 is 10.6 Å². The predicted octanol–water partition coefficient (Wildman–Crippen LogP) is 3.52. The van der Waals surface area contributed by atoms with Crippen molar-refractivity contribution in [3.63, 3.8) is 0 Å². The van der Waals surface area contributed by atoms with E-state index < -0.39 is 17.8 Å². The van der Waals surface area contributed by atoms with Gasteiger partial charge >= 0.3 is 12.0 Å². The van der Waals surface area contributed by atoms with Crippen LogP contribution in [0.25, 0.3) is 0 Å². The number of carbonyl (C=O) groups is 2. The van der Waals surface area contributed by atoms with Gasteiger partial charge in [-0.15, -0.1) is 0 Å². The van der Waals surface area contributed by atoms with Gasteiger partial charge in [0, 0.05) is 18.7 Å². The number of carboxylic acids is 1. The molecule has 1 aromatic carbocycles. The van der Waals surface area contributed by atoms with Crippen LogP contribution in [0, 0.1) is 18.7 Å². The number of hydrogen-bond acceptors (Lipinski definition) is 2. The van der Waals surface area contributed by atoms with E-state index in [0.717, 1.165) is 5.56 Å². The second-order valence-corrected chi connectivity index (χ2v) is 5.64. The smallest absolute Gasteiger partial charge is 0.319 e. The molecule has 1 rings (SSSR count). The van der Waals surface area contributed by atoms with Crippen LogP contribution in [0.1, 0.15) is 25.3 Å². The van der Waals surface area contributed by atoms with E-state index in [1.165, 1.54) is 6.07 Å². The molecule has 21 heavy (non-hydrogen) atoms. The number of amides is 2. The van der Waals surface area contributed by atoms with Crippen LogP contribution in [-0.2, 0) is 4.79 Å². The summed E-state index contributed by atoms with van der Waals surface area (Å²) in [6.07, 6.45) is 0.654. The number of urea groups is 1. The summed E-state index contributed by atoms with van der Waals surface area (Å²) in [5, 5.41) is 13.9. The molecule has 1 atom stereocenters. The molecule has 0 fully saturated rings. The summed E-state index contributed by atoms with van der Waals surface area (Å²) in [4.78, 5) is 22.4. The second-order valence-electron chi connectivity index (χ2n) is 4.79. The first-order chi connectivity index (χ1) is 9.83. The Morgan fingerprint density at radius 3 is 2.67 bits per heavy atom. The van der Waals surface area contributed by atoms with E-state index in [9.17, 15) is 14.0 Å². The van der Waals surface area contributed by atoms with Crippen molar-refractivity contribution in [1.29, 1.82) is 0 Å². The van der Waals surface area contributed by atoms with Crippen LogP contribution in [0.15, 0.2) is 16.6 Å². The van der Waals surface area contributed by atoms with Crippen molar-refractivity contribution in [2.75, 3.05) is 11.9 Å². The van der Waals surface area contributed by atoms with Gasteiger partial charge in [-0.05, 0) is 46.5 Å². The first-order valence-electron chi connectivity index (χ1n) is 6.55. The van der Waals surface area contributed by atoms with E-state index in [1.807, 2.05) is 6.92 Å². The maximum Gasteiger partial charge on any atom is 0.319 e. The van der Waals surface area contributed by atoms with E-state index in [0.29, 0.717) is 16.6 Å². The summed E-state index contributed by atoms with van der Waals surface area (Å²) in [5.74, 6) is -1.49. The fraction of sp³-hybridized carbons (Fsp3) is 0.429. The van der Waals surface area contributed by atoms with Crippen molar-refractivity contribution < 1.29 is 19.1 Å². The molecular weight excluding hydrogens is 343 g/mol. The Bertz CT molecular complexity index is 537. The van der Waals surface area contributed by atoms with Crippen LogP contribution in [0.2, 0.25) is 0 Å². The maximum atomic E-state index is 13.4. The predicted molar refractivity (Wildman–Crippen MR) is 81.9 cm³/mol. The Morgan fingerprint density at radius 1 is 1.43 bits per heavy atom. The highest BCUT2D eigenvalue weighted by molar-refractivity contribution is 9.10. The molecule has 116 valence electrons. The Morgan fingerprint density at radius 2 is 2.10 bits per heavy atom. The highest BCUT2D eigenvalue weighted by atomic mass is 79.9. The van der Waals surface area contributed by atoms with E-state index >= 15 is 0 Å². The van der Waals surface area contributed by atoms with E-state index in [-0.39, 0.29) is 18.9 Å². The van der Waals surface area contributed by atoms with E-state index in [1.54, 1.807) is 13.0 Å². The number of carboxylic acid groups (broad SMARTS) is 1. The van der Waals surface area contributed by atoms with E-state index in [4.69, 9.17) is 5.11 Å². The van der Waals surface area contributed by atoms with Gasteiger partial charge in [0.05, 0.1) is 4.47 Å². The molecule has 0 radical (unpaired) electrons. The molecule has 1 aromatic rings. The first-order valence-corrected chi connectivity index (χ1v) is 7.35. The first kappa shape index (κ1) is 17.4. The Labute approximate surface area is 131 Å². The topological polar surface area (TPSA) is 78.4 Å². The fourth-order valence-corrected chi connectivity index (χ4v) is 2.25. The molecule has 5 nitrogen and oxygen atoms in total. The van der Waals surface area contributed by atoms with Crippen molar-refractivity contribution in [2.24, 2.45) is 5.92 Å². The summed E-state index contributed by atoms with van der Waals surface area (Å²) in [6, 6.07) is 2.32. The summed E-state index contributed by atoms with van der Waals surface area (Å²) >= 11 is 3.07. The summed E-state index contributed by atoms with van der Waals surface area (Å²) < 4.78 is 13.8. The molecule has 0 heterocycles. The van der Waals surface area contributed by atoms with Crippen molar-refractivity contribution in [3.05, 3.63) is 28.0 Å². The van der Waals surface area contributed by atoms with Gasteiger partial charge in [-0.25, -0.2) is 9.18 Å².